The van der Waals surface area contributed by atoms with E-state index < -0.39 is 26.4 Å². The molecule has 6 nitrogen and oxygen atoms in total. The zero-order chi connectivity index (χ0) is 15.1. The molecule has 1 aliphatic heterocycles. The first-order chi connectivity index (χ1) is 9.29. The van der Waals surface area contributed by atoms with Gasteiger partial charge in [0.1, 0.15) is 5.84 Å². The van der Waals surface area contributed by atoms with Crippen LogP contribution in [0, 0.1) is 5.92 Å². The predicted octanol–water partition coefficient (Wildman–Crippen LogP) is 0.440. The van der Waals surface area contributed by atoms with Crippen LogP contribution in [-0.2, 0) is 19.4 Å². The average Bonchev–Trinajstić information content (AvgIpc) is 2.71. The molecule has 0 saturated carbocycles. The van der Waals surface area contributed by atoms with Crippen LogP contribution in [0.2, 0.25) is 0 Å². The second-order valence-electron chi connectivity index (χ2n) is 4.78. The summed E-state index contributed by atoms with van der Waals surface area (Å²) in [6, 6.07) is 6.73. The molecule has 1 aromatic rings. The standard InChI is InChI=1S/C13H17N3O3S/c1-3-20(18,19)13(8(2)11(14)17)9-6-4-5-7-10(9)16-12(13)15/h4-8H,3H2,1-2H3,(H2,14,17)(H2,15,16). The third-order valence-electron chi connectivity index (χ3n) is 3.83. The molecule has 108 valence electrons. The first kappa shape index (κ1) is 14.5. The quantitative estimate of drug-likeness (QED) is 0.838. The number of benzene rings is 1. The van der Waals surface area contributed by atoms with E-state index in [4.69, 9.17) is 11.5 Å². The number of fused-ring (bicyclic) bond motifs is 1. The molecule has 1 heterocycles. The van der Waals surface area contributed by atoms with Crippen molar-refractivity contribution in [2.45, 2.75) is 18.6 Å². The fraction of sp³-hybridized carbons (Fsp3) is 0.385. The van der Waals surface area contributed by atoms with Crippen molar-refractivity contribution in [2.24, 2.45) is 22.4 Å². The number of sulfone groups is 1. The third-order valence-corrected chi connectivity index (χ3v) is 6.36. The highest BCUT2D eigenvalue weighted by atomic mass is 32.2. The van der Waals surface area contributed by atoms with Crippen LogP contribution in [0.3, 0.4) is 0 Å². The van der Waals surface area contributed by atoms with Gasteiger partial charge in [-0.2, -0.15) is 0 Å². The number of carbonyl (C=O) groups excluding carboxylic acids is 1. The molecule has 0 spiro atoms. The smallest absolute Gasteiger partial charge is 0.222 e. The van der Waals surface area contributed by atoms with E-state index in [9.17, 15) is 13.2 Å². The van der Waals surface area contributed by atoms with Gasteiger partial charge in [-0.15, -0.1) is 0 Å². The van der Waals surface area contributed by atoms with Gasteiger partial charge in [0.05, 0.1) is 11.6 Å². The van der Waals surface area contributed by atoms with E-state index >= 15 is 0 Å². The highest BCUT2D eigenvalue weighted by molar-refractivity contribution is 7.93. The summed E-state index contributed by atoms with van der Waals surface area (Å²) in [7, 11) is -3.72. The van der Waals surface area contributed by atoms with E-state index in [0.29, 0.717) is 11.3 Å². The molecule has 0 aromatic heterocycles. The second-order valence-corrected chi connectivity index (χ2v) is 7.23. The van der Waals surface area contributed by atoms with Gasteiger partial charge in [-0.05, 0) is 6.07 Å². The molecule has 1 aliphatic rings. The molecule has 2 rings (SSSR count). The zero-order valence-electron chi connectivity index (χ0n) is 11.3. The molecule has 7 heteroatoms. The van der Waals surface area contributed by atoms with Crippen LogP contribution in [0.25, 0.3) is 0 Å². The molecule has 0 radical (unpaired) electrons. The molecule has 2 atom stereocenters. The maximum absolute atomic E-state index is 12.7. The first-order valence-electron chi connectivity index (χ1n) is 6.24. The van der Waals surface area contributed by atoms with E-state index in [1.54, 1.807) is 24.3 Å². The topological polar surface area (TPSA) is 116 Å². The number of carbonyl (C=O) groups is 1. The fourth-order valence-electron chi connectivity index (χ4n) is 2.72. The van der Waals surface area contributed by atoms with E-state index in [1.165, 1.54) is 13.8 Å². The number of rotatable bonds is 4. The molecule has 0 fully saturated rings. The van der Waals surface area contributed by atoms with Gasteiger partial charge in [0.2, 0.25) is 5.91 Å². The SMILES string of the molecule is CCS(=O)(=O)C1(C(C)C(N)=O)C(N)=Nc2ccccc21. The molecule has 0 aliphatic carbocycles. The molecule has 0 bridgehead atoms. The summed E-state index contributed by atoms with van der Waals surface area (Å²) >= 11 is 0. The molecule has 1 amide bonds. The normalized spacial score (nSPS) is 23.0. The van der Waals surface area contributed by atoms with Crippen LogP contribution in [0.1, 0.15) is 19.4 Å². The van der Waals surface area contributed by atoms with E-state index in [1.807, 2.05) is 0 Å². The summed E-state index contributed by atoms with van der Waals surface area (Å²) in [5, 5.41) is 0. The summed E-state index contributed by atoms with van der Waals surface area (Å²) in [6.45, 7) is 2.99. The molecular weight excluding hydrogens is 278 g/mol. The fourth-order valence-corrected chi connectivity index (χ4v) is 4.70. The van der Waals surface area contributed by atoms with Crippen molar-refractivity contribution in [1.29, 1.82) is 0 Å². The summed E-state index contributed by atoms with van der Waals surface area (Å²) in [5.41, 5.74) is 12.2. The Kier molecular flexibility index (Phi) is 3.33. The second kappa shape index (κ2) is 4.59. The van der Waals surface area contributed by atoms with Gasteiger partial charge in [-0.3, -0.25) is 4.79 Å². The highest BCUT2D eigenvalue weighted by Gasteiger charge is 2.57. The number of para-hydroxylation sites is 1. The van der Waals surface area contributed by atoms with Gasteiger partial charge < -0.3 is 11.5 Å². The minimum absolute atomic E-state index is 0.0909. The van der Waals surface area contributed by atoms with E-state index in [0.717, 1.165) is 0 Å². The van der Waals surface area contributed by atoms with Gasteiger partial charge in [-0.1, -0.05) is 32.0 Å². The molecule has 0 saturated heterocycles. The van der Waals surface area contributed by atoms with E-state index in [-0.39, 0.29) is 11.6 Å². The number of hydrogen-bond acceptors (Lipinski definition) is 5. The number of nitrogens with two attached hydrogens (primary N) is 2. The lowest BCUT2D eigenvalue weighted by Crippen LogP contribution is -2.54. The lowest BCUT2D eigenvalue weighted by atomic mass is 9.85. The molecule has 4 N–H and O–H groups in total. The molecule has 2 unspecified atom stereocenters. The Morgan fingerprint density at radius 2 is 2.00 bits per heavy atom. The minimum Gasteiger partial charge on any atom is -0.386 e. The van der Waals surface area contributed by atoms with Gasteiger partial charge in [0.15, 0.2) is 14.6 Å². The molecule has 1 aromatic carbocycles. The van der Waals surface area contributed by atoms with E-state index in [2.05, 4.69) is 4.99 Å². The lowest BCUT2D eigenvalue weighted by Gasteiger charge is -2.33. The summed E-state index contributed by atoms with van der Waals surface area (Å²) in [4.78, 5) is 15.8. The number of nitrogens with zero attached hydrogens (tertiary/aromatic N) is 1. The monoisotopic (exact) mass is 295 g/mol. The number of hydrogen-bond donors (Lipinski definition) is 2. The number of primary amides is 1. The summed E-state index contributed by atoms with van der Waals surface area (Å²) < 4.78 is 23.7. The van der Waals surface area contributed by atoms with Crippen molar-refractivity contribution in [3.63, 3.8) is 0 Å². The van der Waals surface area contributed by atoms with Crippen LogP contribution >= 0.6 is 0 Å². The van der Waals surface area contributed by atoms with Gasteiger partial charge >= 0.3 is 0 Å². The minimum atomic E-state index is -3.72. The number of amides is 1. The lowest BCUT2D eigenvalue weighted by molar-refractivity contribution is -0.121. The Morgan fingerprint density at radius 3 is 2.55 bits per heavy atom. The Bertz CT molecular complexity index is 697. The van der Waals surface area contributed by atoms with Crippen molar-refractivity contribution >= 4 is 27.3 Å². The maximum atomic E-state index is 12.7. The van der Waals surface area contributed by atoms with Crippen LogP contribution in [0.4, 0.5) is 5.69 Å². The summed E-state index contributed by atoms with van der Waals surface area (Å²) in [5.74, 6) is -1.97. The molecular formula is C13H17N3O3S. The molecule has 20 heavy (non-hydrogen) atoms. The van der Waals surface area contributed by atoms with Crippen LogP contribution in [0.5, 0.6) is 0 Å². The Balaban J connectivity index is 2.86. The number of aliphatic imine (C=N–C) groups is 1. The first-order valence-corrected chi connectivity index (χ1v) is 7.90. The van der Waals surface area contributed by atoms with Crippen LogP contribution in [0.15, 0.2) is 29.3 Å². The Hall–Kier alpha value is -1.89. The summed E-state index contributed by atoms with van der Waals surface area (Å²) in [6.07, 6.45) is 0. The van der Waals surface area contributed by atoms with Gasteiger partial charge in [0.25, 0.3) is 0 Å². The van der Waals surface area contributed by atoms with Crippen molar-refractivity contribution in [3.05, 3.63) is 29.8 Å². The van der Waals surface area contributed by atoms with Crippen molar-refractivity contribution in [3.8, 4) is 0 Å². The third kappa shape index (κ3) is 1.66. The van der Waals surface area contributed by atoms with Crippen LogP contribution in [-0.4, -0.2) is 25.9 Å². The Morgan fingerprint density at radius 1 is 1.40 bits per heavy atom. The van der Waals surface area contributed by atoms with Crippen molar-refractivity contribution in [1.82, 2.24) is 0 Å². The van der Waals surface area contributed by atoms with Gasteiger partial charge in [0, 0.05) is 11.3 Å². The number of amidine groups is 1. The average molecular weight is 295 g/mol. The van der Waals surface area contributed by atoms with Crippen LogP contribution < -0.4 is 11.5 Å². The highest BCUT2D eigenvalue weighted by Crippen LogP contribution is 2.47. The zero-order valence-corrected chi connectivity index (χ0v) is 12.1. The maximum Gasteiger partial charge on any atom is 0.222 e. The Labute approximate surface area is 117 Å². The predicted molar refractivity (Wildman–Crippen MR) is 77.2 cm³/mol. The largest absolute Gasteiger partial charge is 0.386 e. The van der Waals surface area contributed by atoms with Crippen molar-refractivity contribution < 1.29 is 13.2 Å². The van der Waals surface area contributed by atoms with Gasteiger partial charge in [-0.25, -0.2) is 13.4 Å². The van der Waals surface area contributed by atoms with Crippen molar-refractivity contribution in [2.75, 3.05) is 5.75 Å².